The molecule has 166 valence electrons. The molecule has 2 amide bonds. The van der Waals surface area contributed by atoms with E-state index >= 15 is 0 Å². The number of nitrogens with one attached hydrogen (secondary N) is 2. The monoisotopic (exact) mass is 451 g/mol. The maximum absolute atomic E-state index is 13.7. The van der Waals surface area contributed by atoms with E-state index in [0.29, 0.717) is 13.2 Å². The maximum atomic E-state index is 13.7. The molecule has 31 heavy (non-hydrogen) atoms. The Morgan fingerprint density at radius 2 is 1.87 bits per heavy atom. The summed E-state index contributed by atoms with van der Waals surface area (Å²) in [6, 6.07) is 9.50. The summed E-state index contributed by atoms with van der Waals surface area (Å²) in [5.41, 5.74) is -0.0616. The number of ether oxygens (including phenoxy) is 2. The third-order valence-corrected chi connectivity index (χ3v) is 6.48. The van der Waals surface area contributed by atoms with Crippen molar-refractivity contribution in [3.05, 3.63) is 53.8 Å². The van der Waals surface area contributed by atoms with Crippen LogP contribution in [0.15, 0.2) is 47.4 Å². The smallest absolute Gasteiger partial charge is 0.254 e. The van der Waals surface area contributed by atoms with E-state index in [0.717, 1.165) is 6.07 Å². The van der Waals surface area contributed by atoms with E-state index in [9.17, 15) is 22.4 Å². The molecule has 0 saturated carbocycles. The molecule has 0 spiro atoms. The summed E-state index contributed by atoms with van der Waals surface area (Å²) in [5, 5.41) is 4.84. The first kappa shape index (κ1) is 22.7. The zero-order valence-electron chi connectivity index (χ0n) is 16.8. The fourth-order valence-electron chi connectivity index (χ4n) is 2.98. The molecule has 0 aliphatic carbocycles. The number of benzene rings is 2. The van der Waals surface area contributed by atoms with Gasteiger partial charge in [0.25, 0.3) is 5.91 Å². The minimum Gasteiger partial charge on any atom is -0.495 e. The van der Waals surface area contributed by atoms with Crippen molar-refractivity contribution >= 4 is 27.5 Å². The van der Waals surface area contributed by atoms with Crippen LogP contribution in [0.4, 0.5) is 10.1 Å². The van der Waals surface area contributed by atoms with Gasteiger partial charge in [0.05, 0.1) is 43.0 Å². The van der Waals surface area contributed by atoms with Gasteiger partial charge in [-0.2, -0.15) is 4.31 Å². The quantitative estimate of drug-likeness (QED) is 0.655. The first-order chi connectivity index (χ1) is 14.8. The lowest BCUT2D eigenvalue weighted by Crippen LogP contribution is -2.40. The normalized spacial score (nSPS) is 14.6. The summed E-state index contributed by atoms with van der Waals surface area (Å²) in [5.74, 6) is -1.84. The third-order valence-electron chi connectivity index (χ3n) is 4.58. The molecule has 1 aliphatic heterocycles. The largest absolute Gasteiger partial charge is 0.495 e. The molecule has 2 aromatic rings. The van der Waals surface area contributed by atoms with Crippen LogP contribution in [0.3, 0.4) is 0 Å². The van der Waals surface area contributed by atoms with Crippen molar-refractivity contribution in [1.29, 1.82) is 0 Å². The van der Waals surface area contributed by atoms with Crippen LogP contribution in [-0.4, -0.2) is 64.5 Å². The van der Waals surface area contributed by atoms with E-state index in [1.165, 1.54) is 47.8 Å². The lowest BCUT2D eigenvalue weighted by molar-refractivity contribution is -0.115. The molecule has 1 fully saturated rings. The van der Waals surface area contributed by atoms with Gasteiger partial charge < -0.3 is 20.1 Å². The van der Waals surface area contributed by atoms with Crippen molar-refractivity contribution < 1.29 is 31.9 Å². The lowest BCUT2D eigenvalue weighted by atomic mass is 10.2. The maximum Gasteiger partial charge on any atom is 0.254 e. The van der Waals surface area contributed by atoms with Gasteiger partial charge in [0.2, 0.25) is 15.9 Å². The molecule has 11 heteroatoms. The van der Waals surface area contributed by atoms with Crippen molar-refractivity contribution in [3.8, 4) is 5.75 Å². The van der Waals surface area contributed by atoms with Gasteiger partial charge in [0.15, 0.2) is 0 Å². The van der Waals surface area contributed by atoms with Gasteiger partial charge >= 0.3 is 0 Å². The summed E-state index contributed by atoms with van der Waals surface area (Å²) >= 11 is 0. The van der Waals surface area contributed by atoms with Gasteiger partial charge in [-0.25, -0.2) is 12.8 Å². The minimum atomic E-state index is -3.78. The SMILES string of the molecule is COc1ccc(S(=O)(=O)N2CCOCC2)cc1NC(=O)CNC(=O)c1ccccc1F. The fraction of sp³-hybridized carbons (Fsp3) is 0.300. The Kier molecular flexibility index (Phi) is 7.21. The van der Waals surface area contributed by atoms with Gasteiger partial charge in [-0.15, -0.1) is 0 Å². The Morgan fingerprint density at radius 3 is 2.55 bits per heavy atom. The summed E-state index contributed by atoms with van der Waals surface area (Å²) in [6.45, 7) is 0.633. The lowest BCUT2D eigenvalue weighted by Gasteiger charge is -2.26. The Morgan fingerprint density at radius 1 is 1.16 bits per heavy atom. The van der Waals surface area contributed by atoms with E-state index < -0.39 is 34.2 Å². The van der Waals surface area contributed by atoms with Crippen molar-refractivity contribution in [3.63, 3.8) is 0 Å². The average Bonchev–Trinajstić information content (AvgIpc) is 2.78. The molecule has 2 aromatic carbocycles. The summed E-state index contributed by atoms with van der Waals surface area (Å²) < 4.78 is 51.1. The Hall–Kier alpha value is -3.02. The molecule has 2 N–H and O–H groups in total. The van der Waals surface area contributed by atoms with E-state index in [1.807, 2.05) is 0 Å². The Labute approximate surface area is 179 Å². The highest BCUT2D eigenvalue weighted by Crippen LogP contribution is 2.29. The number of hydrogen-bond donors (Lipinski definition) is 2. The average molecular weight is 451 g/mol. The second-order valence-electron chi connectivity index (χ2n) is 6.59. The number of hydrogen-bond acceptors (Lipinski definition) is 6. The van der Waals surface area contributed by atoms with Gasteiger partial charge in [0.1, 0.15) is 11.6 Å². The van der Waals surface area contributed by atoms with Crippen LogP contribution in [-0.2, 0) is 19.6 Å². The molecule has 9 nitrogen and oxygen atoms in total. The number of morpholine rings is 1. The van der Waals surface area contributed by atoms with Gasteiger partial charge in [0, 0.05) is 13.1 Å². The van der Waals surface area contributed by atoms with Crippen molar-refractivity contribution in [2.24, 2.45) is 0 Å². The highest BCUT2D eigenvalue weighted by Gasteiger charge is 2.27. The molecular formula is C20H22FN3O6S. The van der Waals surface area contributed by atoms with Crippen LogP contribution in [0.5, 0.6) is 5.75 Å². The van der Waals surface area contributed by atoms with E-state index in [4.69, 9.17) is 9.47 Å². The molecule has 0 unspecified atom stereocenters. The molecule has 0 atom stereocenters. The van der Waals surface area contributed by atoms with Crippen LogP contribution in [0, 0.1) is 5.82 Å². The molecule has 1 heterocycles. The number of methoxy groups -OCH3 is 1. The zero-order valence-corrected chi connectivity index (χ0v) is 17.6. The molecule has 0 aromatic heterocycles. The van der Waals surface area contributed by atoms with Gasteiger partial charge in [-0.05, 0) is 30.3 Å². The predicted octanol–water partition coefficient (Wildman–Crippen LogP) is 1.22. The predicted molar refractivity (Wildman–Crippen MR) is 110 cm³/mol. The summed E-state index contributed by atoms with van der Waals surface area (Å²) in [7, 11) is -2.40. The van der Waals surface area contributed by atoms with Gasteiger partial charge in [-0.1, -0.05) is 12.1 Å². The van der Waals surface area contributed by atoms with Crippen LogP contribution in [0.2, 0.25) is 0 Å². The minimum absolute atomic E-state index is 0.0131. The number of anilines is 1. The van der Waals surface area contributed by atoms with E-state index in [-0.39, 0.29) is 35.0 Å². The fourth-order valence-corrected chi connectivity index (χ4v) is 4.41. The Balaban J connectivity index is 1.71. The standard InChI is InChI=1S/C20H22FN3O6S/c1-29-18-7-6-14(31(27,28)24-8-10-30-11-9-24)12-17(18)23-19(25)13-22-20(26)15-4-2-3-5-16(15)21/h2-7,12H,8-11,13H2,1H3,(H,22,26)(H,23,25). The molecule has 1 saturated heterocycles. The van der Waals surface area contributed by atoms with Crippen LogP contribution >= 0.6 is 0 Å². The summed E-state index contributed by atoms with van der Waals surface area (Å²) in [4.78, 5) is 24.4. The highest BCUT2D eigenvalue weighted by molar-refractivity contribution is 7.89. The number of amides is 2. The van der Waals surface area contributed by atoms with Crippen LogP contribution in [0.25, 0.3) is 0 Å². The van der Waals surface area contributed by atoms with E-state index in [1.54, 1.807) is 0 Å². The third kappa shape index (κ3) is 5.37. The second kappa shape index (κ2) is 9.86. The molecular weight excluding hydrogens is 429 g/mol. The van der Waals surface area contributed by atoms with Crippen molar-refractivity contribution in [2.45, 2.75) is 4.90 Å². The number of sulfonamides is 1. The first-order valence-corrected chi connectivity index (χ1v) is 10.9. The van der Waals surface area contributed by atoms with Crippen LogP contribution in [0.1, 0.15) is 10.4 Å². The number of carbonyl (C=O) groups is 2. The number of rotatable bonds is 7. The topological polar surface area (TPSA) is 114 Å². The Bertz CT molecular complexity index is 1070. The zero-order chi connectivity index (χ0) is 22.4. The van der Waals surface area contributed by atoms with Crippen molar-refractivity contribution in [1.82, 2.24) is 9.62 Å². The number of halogens is 1. The van der Waals surface area contributed by atoms with Gasteiger partial charge in [-0.3, -0.25) is 9.59 Å². The van der Waals surface area contributed by atoms with E-state index in [2.05, 4.69) is 10.6 Å². The summed E-state index contributed by atoms with van der Waals surface area (Å²) in [6.07, 6.45) is 0. The molecule has 0 radical (unpaired) electrons. The van der Waals surface area contributed by atoms with Crippen LogP contribution < -0.4 is 15.4 Å². The second-order valence-corrected chi connectivity index (χ2v) is 8.53. The molecule has 0 bridgehead atoms. The number of nitrogens with zero attached hydrogens (tertiary/aromatic N) is 1. The molecule has 3 rings (SSSR count). The first-order valence-electron chi connectivity index (χ1n) is 9.41. The van der Waals surface area contributed by atoms with Crippen molar-refractivity contribution in [2.75, 3.05) is 45.3 Å². The number of carbonyl (C=O) groups excluding carboxylic acids is 2. The molecule has 1 aliphatic rings. The highest BCUT2D eigenvalue weighted by atomic mass is 32.2.